The molecule has 0 saturated heterocycles. The predicted molar refractivity (Wildman–Crippen MR) is 63.6 cm³/mol. The third-order valence-corrected chi connectivity index (χ3v) is 4.53. The summed E-state index contributed by atoms with van der Waals surface area (Å²) < 4.78 is 13.1. The lowest BCUT2D eigenvalue weighted by Crippen LogP contribution is -2.39. The van der Waals surface area contributed by atoms with Gasteiger partial charge in [-0.1, -0.05) is 25.5 Å². The van der Waals surface area contributed by atoms with Gasteiger partial charge in [-0.25, -0.2) is 4.39 Å². The monoisotopic (exact) mass is 235 g/mol. The molecule has 0 heterocycles. The average molecular weight is 235 g/mol. The van der Waals surface area contributed by atoms with Gasteiger partial charge in [0.15, 0.2) is 0 Å². The van der Waals surface area contributed by atoms with E-state index in [0.29, 0.717) is 10.8 Å². The zero-order valence-corrected chi connectivity index (χ0v) is 10.1. The molecule has 1 aliphatic carbocycles. The lowest BCUT2D eigenvalue weighted by Gasteiger charge is -2.41. The van der Waals surface area contributed by atoms with Gasteiger partial charge in [0, 0.05) is 4.90 Å². The Labute approximate surface area is 99.7 Å². The quantitative estimate of drug-likeness (QED) is 0.790. The number of halogens is 1. The molecule has 0 spiro atoms. The fourth-order valence-corrected chi connectivity index (χ4v) is 3.51. The van der Waals surface area contributed by atoms with Crippen molar-refractivity contribution in [3.05, 3.63) is 30.1 Å². The first-order valence-corrected chi connectivity index (χ1v) is 6.35. The van der Waals surface area contributed by atoms with Gasteiger partial charge >= 0.3 is 0 Å². The van der Waals surface area contributed by atoms with E-state index in [-0.39, 0.29) is 10.6 Å². The zero-order valence-electron chi connectivity index (χ0n) is 9.24. The van der Waals surface area contributed by atoms with Crippen molar-refractivity contribution in [2.75, 3.05) is 0 Å². The van der Waals surface area contributed by atoms with Crippen LogP contribution in [0.3, 0.4) is 0 Å². The second kappa shape index (κ2) is 4.47. The smallest absolute Gasteiger partial charge is 0.136 e. The van der Waals surface area contributed by atoms with E-state index in [0.717, 1.165) is 19.3 Å². The van der Waals surface area contributed by atoms with E-state index in [2.05, 4.69) is 13.0 Å². The van der Waals surface area contributed by atoms with Gasteiger partial charge in [-0.2, -0.15) is 5.26 Å². The maximum absolute atomic E-state index is 13.5. The highest BCUT2D eigenvalue weighted by Crippen LogP contribution is 2.51. The summed E-state index contributed by atoms with van der Waals surface area (Å²) in [5, 5.41) is 9.21. The highest BCUT2D eigenvalue weighted by Gasteiger charge is 2.45. The van der Waals surface area contributed by atoms with Crippen molar-refractivity contribution in [3.8, 4) is 6.07 Å². The summed E-state index contributed by atoms with van der Waals surface area (Å²) >= 11 is 1.39. The lowest BCUT2D eigenvalue weighted by atomic mass is 9.73. The van der Waals surface area contributed by atoms with Crippen LogP contribution in [0.5, 0.6) is 0 Å². The highest BCUT2D eigenvalue weighted by atomic mass is 32.2. The number of thioether (sulfide) groups is 1. The third kappa shape index (κ3) is 2.08. The maximum Gasteiger partial charge on any atom is 0.136 e. The normalized spacial score (nSPS) is 28.2. The average Bonchev–Trinajstić information content (AvgIpc) is 2.25. The zero-order chi connectivity index (χ0) is 11.6. The van der Waals surface area contributed by atoms with Gasteiger partial charge in [-0.15, -0.1) is 11.8 Å². The van der Waals surface area contributed by atoms with Crippen LogP contribution in [0.1, 0.15) is 26.2 Å². The Bertz CT molecular complexity index is 418. The molecule has 16 heavy (non-hydrogen) atoms. The molecule has 0 amide bonds. The highest BCUT2D eigenvalue weighted by molar-refractivity contribution is 8.01. The standard InChI is InChI=1S/C13H14FNS/c1-2-10-7-13(8-10,9-15)16-12-6-4-3-5-11(12)14/h3-6,10H,2,7-8H2,1H3. The molecule has 2 rings (SSSR count). The lowest BCUT2D eigenvalue weighted by molar-refractivity contribution is 0.269. The van der Waals surface area contributed by atoms with Crippen LogP contribution in [0.15, 0.2) is 29.2 Å². The Kier molecular flexibility index (Phi) is 3.20. The summed E-state index contributed by atoms with van der Waals surface area (Å²) in [5.74, 6) is 0.418. The van der Waals surface area contributed by atoms with Gasteiger partial charge < -0.3 is 0 Å². The Hall–Kier alpha value is -1.01. The molecule has 84 valence electrons. The molecule has 1 nitrogen and oxygen atoms in total. The summed E-state index contributed by atoms with van der Waals surface area (Å²) in [6.45, 7) is 2.14. The van der Waals surface area contributed by atoms with Crippen molar-refractivity contribution in [2.45, 2.75) is 35.8 Å². The molecule has 3 heteroatoms. The fraction of sp³-hybridized carbons (Fsp3) is 0.462. The summed E-state index contributed by atoms with van der Waals surface area (Å²) in [7, 11) is 0. The minimum atomic E-state index is -0.386. The molecular weight excluding hydrogens is 221 g/mol. The van der Waals surface area contributed by atoms with Crippen molar-refractivity contribution in [1.29, 1.82) is 5.26 Å². The Morgan fingerprint density at radius 2 is 2.19 bits per heavy atom. The number of nitrogens with zero attached hydrogens (tertiary/aromatic N) is 1. The van der Waals surface area contributed by atoms with Gasteiger partial charge in [0.1, 0.15) is 10.6 Å². The molecule has 1 aliphatic rings. The summed E-state index contributed by atoms with van der Waals surface area (Å²) in [6.07, 6.45) is 2.89. The van der Waals surface area contributed by atoms with Crippen LogP contribution in [0.2, 0.25) is 0 Å². The van der Waals surface area contributed by atoms with Gasteiger partial charge in [-0.3, -0.25) is 0 Å². The molecule has 0 atom stereocenters. The first-order chi connectivity index (χ1) is 7.69. The Morgan fingerprint density at radius 3 is 2.75 bits per heavy atom. The van der Waals surface area contributed by atoms with E-state index in [1.807, 2.05) is 6.07 Å². The Morgan fingerprint density at radius 1 is 1.50 bits per heavy atom. The summed E-state index contributed by atoms with van der Waals surface area (Å²) in [6, 6.07) is 9.03. The van der Waals surface area contributed by atoms with Crippen molar-refractivity contribution < 1.29 is 4.39 Å². The molecule has 0 aliphatic heterocycles. The number of nitriles is 1. The first kappa shape index (κ1) is 11.5. The first-order valence-electron chi connectivity index (χ1n) is 5.54. The SMILES string of the molecule is CCC1CC(C#N)(Sc2ccccc2F)C1. The van der Waals surface area contributed by atoms with E-state index < -0.39 is 0 Å². The predicted octanol–water partition coefficient (Wildman–Crippen LogP) is 4.00. The minimum absolute atomic E-state index is 0.220. The molecular formula is C13H14FNS. The molecule has 0 bridgehead atoms. The van der Waals surface area contributed by atoms with Crippen LogP contribution in [0.4, 0.5) is 4.39 Å². The van der Waals surface area contributed by atoms with Crippen LogP contribution in [-0.4, -0.2) is 4.75 Å². The van der Waals surface area contributed by atoms with Gasteiger partial charge in [0.2, 0.25) is 0 Å². The molecule has 0 N–H and O–H groups in total. The van der Waals surface area contributed by atoms with E-state index in [9.17, 15) is 9.65 Å². The number of hydrogen-bond donors (Lipinski definition) is 0. The van der Waals surface area contributed by atoms with E-state index >= 15 is 0 Å². The van der Waals surface area contributed by atoms with Crippen LogP contribution in [0.25, 0.3) is 0 Å². The van der Waals surface area contributed by atoms with Gasteiger partial charge in [-0.05, 0) is 30.9 Å². The van der Waals surface area contributed by atoms with Crippen LogP contribution < -0.4 is 0 Å². The second-order valence-corrected chi connectivity index (χ2v) is 5.75. The van der Waals surface area contributed by atoms with E-state index in [1.165, 1.54) is 17.8 Å². The van der Waals surface area contributed by atoms with Crippen LogP contribution >= 0.6 is 11.8 Å². The Balaban J connectivity index is 2.10. The fourth-order valence-electron chi connectivity index (χ4n) is 2.10. The summed E-state index contributed by atoms with van der Waals surface area (Å²) in [4.78, 5) is 0.596. The second-order valence-electron chi connectivity index (χ2n) is 4.32. The molecule has 1 fully saturated rings. The molecule has 0 unspecified atom stereocenters. The van der Waals surface area contributed by atoms with E-state index in [1.54, 1.807) is 12.1 Å². The molecule has 0 aromatic heterocycles. The van der Waals surface area contributed by atoms with Crippen LogP contribution in [0, 0.1) is 23.1 Å². The van der Waals surface area contributed by atoms with Gasteiger partial charge in [0.05, 0.1) is 6.07 Å². The topological polar surface area (TPSA) is 23.8 Å². The van der Waals surface area contributed by atoms with Gasteiger partial charge in [0.25, 0.3) is 0 Å². The number of hydrogen-bond acceptors (Lipinski definition) is 2. The van der Waals surface area contributed by atoms with Crippen molar-refractivity contribution in [3.63, 3.8) is 0 Å². The molecule has 1 saturated carbocycles. The minimum Gasteiger partial charge on any atom is -0.206 e. The molecule has 1 aromatic rings. The van der Waals surface area contributed by atoms with Crippen molar-refractivity contribution >= 4 is 11.8 Å². The summed E-state index contributed by atoms with van der Waals surface area (Å²) in [5.41, 5.74) is 0. The van der Waals surface area contributed by atoms with Crippen LogP contribution in [-0.2, 0) is 0 Å². The number of benzene rings is 1. The maximum atomic E-state index is 13.5. The van der Waals surface area contributed by atoms with Crippen molar-refractivity contribution in [1.82, 2.24) is 0 Å². The number of rotatable bonds is 3. The largest absolute Gasteiger partial charge is 0.206 e. The molecule has 0 radical (unpaired) electrons. The van der Waals surface area contributed by atoms with Crippen molar-refractivity contribution in [2.24, 2.45) is 5.92 Å². The molecule has 1 aromatic carbocycles. The van der Waals surface area contributed by atoms with E-state index in [4.69, 9.17) is 0 Å². The third-order valence-electron chi connectivity index (χ3n) is 3.16.